The molecule has 1 atom stereocenters. The summed E-state index contributed by atoms with van der Waals surface area (Å²) in [5.74, 6) is -0.296. The highest BCUT2D eigenvalue weighted by molar-refractivity contribution is 6.09. The van der Waals surface area contributed by atoms with E-state index in [1.54, 1.807) is 6.07 Å². The second-order valence-corrected chi connectivity index (χ2v) is 8.30. The van der Waals surface area contributed by atoms with Crippen molar-refractivity contribution in [3.8, 4) is 5.75 Å². The van der Waals surface area contributed by atoms with Crippen molar-refractivity contribution in [2.75, 3.05) is 12.0 Å². The van der Waals surface area contributed by atoms with Gasteiger partial charge in [-0.25, -0.2) is 0 Å². The summed E-state index contributed by atoms with van der Waals surface area (Å²) in [4.78, 5) is 39.4. The number of methoxy groups -OCH3 is 1. The first kappa shape index (κ1) is 20.9. The number of rotatable bonds is 4. The number of hydrogen-bond acceptors (Lipinski definition) is 5. The predicted molar refractivity (Wildman–Crippen MR) is 124 cm³/mol. The van der Waals surface area contributed by atoms with E-state index in [-0.39, 0.29) is 35.4 Å². The Bertz CT molecular complexity index is 1340. The van der Waals surface area contributed by atoms with Crippen LogP contribution in [-0.2, 0) is 9.59 Å². The summed E-state index contributed by atoms with van der Waals surface area (Å²) >= 11 is 0. The van der Waals surface area contributed by atoms with Crippen molar-refractivity contribution in [1.29, 1.82) is 0 Å². The van der Waals surface area contributed by atoms with Crippen molar-refractivity contribution >= 4 is 33.8 Å². The lowest BCUT2D eigenvalue weighted by Crippen LogP contribution is -2.40. The number of amides is 1. The highest BCUT2D eigenvalue weighted by Gasteiger charge is 2.41. The van der Waals surface area contributed by atoms with E-state index in [2.05, 4.69) is 0 Å². The van der Waals surface area contributed by atoms with Gasteiger partial charge in [0.05, 0.1) is 18.1 Å². The van der Waals surface area contributed by atoms with Gasteiger partial charge in [0, 0.05) is 30.0 Å². The molecule has 1 heterocycles. The molecule has 33 heavy (non-hydrogen) atoms. The molecule has 0 spiro atoms. The standard InChI is InChI=1S/C26H22N2O5/c1-33-17-12-13-21(23(14-17)28(31)32)27-22-10-5-11-24(29)26(22)20(15-25(27)30)19-9-4-7-16-6-2-3-8-18(16)19/h2-4,6-9,12-14,20H,5,10-11,15H2,1H3. The van der Waals surface area contributed by atoms with Gasteiger partial charge in [0.1, 0.15) is 11.4 Å². The highest BCUT2D eigenvalue weighted by atomic mass is 16.6. The Morgan fingerprint density at radius 3 is 2.61 bits per heavy atom. The van der Waals surface area contributed by atoms with Crippen LogP contribution in [0, 0.1) is 10.1 Å². The smallest absolute Gasteiger partial charge is 0.297 e. The maximum Gasteiger partial charge on any atom is 0.297 e. The molecule has 1 amide bonds. The van der Waals surface area contributed by atoms with Gasteiger partial charge in [-0.3, -0.25) is 24.6 Å². The second kappa shape index (κ2) is 8.16. The number of fused-ring (bicyclic) bond motifs is 1. The molecule has 0 N–H and O–H groups in total. The summed E-state index contributed by atoms with van der Waals surface area (Å²) in [7, 11) is 1.43. The van der Waals surface area contributed by atoms with Gasteiger partial charge in [0.25, 0.3) is 5.69 Å². The lowest BCUT2D eigenvalue weighted by Gasteiger charge is -2.38. The fourth-order valence-corrected chi connectivity index (χ4v) is 5.06. The lowest BCUT2D eigenvalue weighted by molar-refractivity contribution is -0.384. The third kappa shape index (κ3) is 3.46. The second-order valence-electron chi connectivity index (χ2n) is 8.30. The molecule has 0 radical (unpaired) electrons. The number of anilines is 1. The molecule has 7 heteroatoms. The van der Waals surface area contributed by atoms with Crippen LogP contribution in [0.15, 0.2) is 71.9 Å². The summed E-state index contributed by atoms with van der Waals surface area (Å²) in [6.45, 7) is 0. The lowest BCUT2D eigenvalue weighted by atomic mass is 9.76. The maximum absolute atomic E-state index is 13.5. The topological polar surface area (TPSA) is 89.8 Å². The van der Waals surface area contributed by atoms with Crippen LogP contribution in [0.5, 0.6) is 5.75 Å². The molecule has 0 bridgehead atoms. The molecule has 3 aromatic rings. The summed E-state index contributed by atoms with van der Waals surface area (Å²) in [6, 6.07) is 18.3. The Morgan fingerprint density at radius 2 is 1.82 bits per heavy atom. The number of nitro benzene ring substituents is 1. The van der Waals surface area contributed by atoms with Gasteiger partial charge >= 0.3 is 0 Å². The molecule has 1 unspecified atom stereocenters. The SMILES string of the molecule is COc1ccc(N2C(=O)CC(c3cccc4ccccc34)C3=C2CCCC3=O)c([N+](=O)[O-])c1. The number of carbonyl (C=O) groups excluding carboxylic acids is 2. The van der Waals surface area contributed by atoms with Crippen molar-refractivity contribution < 1.29 is 19.2 Å². The monoisotopic (exact) mass is 442 g/mol. The van der Waals surface area contributed by atoms with E-state index in [4.69, 9.17) is 4.74 Å². The van der Waals surface area contributed by atoms with Crippen LogP contribution in [0.25, 0.3) is 10.8 Å². The van der Waals surface area contributed by atoms with Gasteiger partial charge in [0.2, 0.25) is 5.91 Å². The minimum atomic E-state index is -0.521. The largest absolute Gasteiger partial charge is 0.496 e. The molecule has 0 aromatic heterocycles. The van der Waals surface area contributed by atoms with Gasteiger partial charge in [-0.05, 0) is 41.3 Å². The molecular formula is C26H22N2O5. The molecule has 0 saturated carbocycles. The number of hydrogen-bond donors (Lipinski definition) is 0. The van der Waals surface area contributed by atoms with Gasteiger partial charge in [0.15, 0.2) is 5.78 Å². The third-order valence-electron chi connectivity index (χ3n) is 6.49. The first-order valence-corrected chi connectivity index (χ1v) is 10.9. The minimum absolute atomic E-state index is 0.00264. The van der Waals surface area contributed by atoms with Crippen molar-refractivity contribution in [2.45, 2.75) is 31.6 Å². The summed E-state index contributed by atoms with van der Waals surface area (Å²) in [5, 5.41) is 13.9. The Balaban J connectivity index is 1.72. The van der Waals surface area contributed by atoms with E-state index in [9.17, 15) is 19.7 Å². The Kier molecular flexibility index (Phi) is 5.17. The van der Waals surface area contributed by atoms with E-state index in [0.717, 1.165) is 16.3 Å². The molecular weight excluding hydrogens is 420 g/mol. The summed E-state index contributed by atoms with van der Waals surface area (Å²) < 4.78 is 5.14. The number of carbonyl (C=O) groups is 2. The van der Waals surface area contributed by atoms with E-state index in [1.807, 2.05) is 42.5 Å². The maximum atomic E-state index is 13.5. The van der Waals surface area contributed by atoms with Crippen molar-refractivity contribution in [3.63, 3.8) is 0 Å². The Morgan fingerprint density at radius 1 is 1.03 bits per heavy atom. The zero-order chi connectivity index (χ0) is 23.1. The van der Waals surface area contributed by atoms with Crippen molar-refractivity contribution in [2.24, 2.45) is 0 Å². The van der Waals surface area contributed by atoms with Gasteiger partial charge < -0.3 is 4.74 Å². The number of nitrogens with zero attached hydrogens (tertiary/aromatic N) is 2. The van der Waals surface area contributed by atoms with Crippen LogP contribution in [0.1, 0.15) is 37.2 Å². The Hall–Kier alpha value is -4.00. The minimum Gasteiger partial charge on any atom is -0.496 e. The van der Waals surface area contributed by atoms with Crippen LogP contribution in [-0.4, -0.2) is 23.7 Å². The molecule has 0 saturated heterocycles. The number of nitro groups is 1. The fraction of sp³-hybridized carbons (Fsp3) is 0.231. The number of ether oxygens (including phenoxy) is 1. The number of Topliss-reactive ketones (excluding diaryl/α,β-unsaturated/α-hetero) is 1. The molecule has 3 aromatic carbocycles. The van der Waals surface area contributed by atoms with Crippen molar-refractivity contribution in [3.05, 3.63) is 87.6 Å². The molecule has 2 aliphatic rings. The quantitative estimate of drug-likeness (QED) is 0.405. The third-order valence-corrected chi connectivity index (χ3v) is 6.49. The predicted octanol–water partition coefficient (Wildman–Crippen LogP) is 5.28. The highest BCUT2D eigenvalue weighted by Crippen LogP contribution is 2.46. The van der Waals surface area contributed by atoms with Gasteiger partial charge in [-0.2, -0.15) is 0 Å². The zero-order valence-corrected chi connectivity index (χ0v) is 18.1. The first-order chi connectivity index (χ1) is 16.0. The van der Waals surface area contributed by atoms with Crippen molar-refractivity contribution in [1.82, 2.24) is 0 Å². The summed E-state index contributed by atoms with van der Waals surface area (Å²) in [6.07, 6.45) is 1.60. The van der Waals surface area contributed by atoms with E-state index in [1.165, 1.54) is 24.1 Å². The Labute approximate surface area is 190 Å². The number of ketones is 1. The van der Waals surface area contributed by atoms with Crippen LogP contribution in [0.4, 0.5) is 11.4 Å². The van der Waals surface area contributed by atoms with E-state index in [0.29, 0.717) is 36.3 Å². The molecule has 5 rings (SSSR count). The molecule has 7 nitrogen and oxygen atoms in total. The zero-order valence-electron chi connectivity index (χ0n) is 18.1. The number of benzene rings is 3. The van der Waals surface area contributed by atoms with Crippen LogP contribution in [0.2, 0.25) is 0 Å². The van der Waals surface area contributed by atoms with Crippen LogP contribution in [0.3, 0.4) is 0 Å². The van der Waals surface area contributed by atoms with Crippen LogP contribution >= 0.6 is 0 Å². The normalized spacial score (nSPS) is 18.5. The van der Waals surface area contributed by atoms with Crippen LogP contribution < -0.4 is 9.64 Å². The molecule has 166 valence electrons. The fourth-order valence-electron chi connectivity index (χ4n) is 5.06. The molecule has 0 fully saturated rings. The molecule has 1 aliphatic carbocycles. The average molecular weight is 442 g/mol. The van der Waals surface area contributed by atoms with Gasteiger partial charge in [-0.1, -0.05) is 42.5 Å². The molecule has 1 aliphatic heterocycles. The first-order valence-electron chi connectivity index (χ1n) is 10.9. The summed E-state index contributed by atoms with van der Waals surface area (Å²) in [5.41, 5.74) is 2.06. The van der Waals surface area contributed by atoms with E-state index >= 15 is 0 Å². The number of allylic oxidation sites excluding steroid dienone is 2. The van der Waals surface area contributed by atoms with E-state index < -0.39 is 4.92 Å². The average Bonchev–Trinajstić information content (AvgIpc) is 2.83. The van der Waals surface area contributed by atoms with Gasteiger partial charge in [-0.15, -0.1) is 0 Å².